The second-order valence-corrected chi connectivity index (χ2v) is 7.88. The van der Waals surface area contributed by atoms with Crippen LogP contribution in [0.2, 0.25) is 0 Å². The maximum atomic E-state index is 11.4. The quantitative estimate of drug-likeness (QED) is 0.376. The van der Waals surface area contributed by atoms with Crippen LogP contribution in [0.4, 0.5) is 5.95 Å². The molecule has 10 nitrogen and oxygen atoms in total. The number of benzene rings is 1. The molecule has 0 radical (unpaired) electrons. The highest BCUT2D eigenvalue weighted by atomic mass is 16.3. The average molecular weight is 418 g/mol. The van der Waals surface area contributed by atoms with Crippen molar-refractivity contribution in [2.75, 3.05) is 5.32 Å². The van der Waals surface area contributed by atoms with Gasteiger partial charge in [-0.15, -0.1) is 0 Å². The van der Waals surface area contributed by atoms with Gasteiger partial charge >= 0.3 is 5.69 Å². The molecule has 4 N–H and O–H groups in total. The molecule has 5 rings (SSSR count). The van der Waals surface area contributed by atoms with E-state index in [2.05, 4.69) is 67.4 Å². The minimum absolute atomic E-state index is 0.241. The SMILES string of the molecule is Cc1cc(C)cc(CNc2nc(=NC3CC3)n3nc/c(=C\c4[nH]c(=O)[nH]c4O)c3n2)c1. The molecule has 0 aliphatic heterocycles. The van der Waals surface area contributed by atoms with Crippen LogP contribution >= 0.6 is 0 Å². The second-order valence-electron chi connectivity index (χ2n) is 7.88. The molecular weight excluding hydrogens is 396 g/mol. The van der Waals surface area contributed by atoms with Crippen LogP contribution in [0.15, 0.2) is 34.2 Å². The molecule has 10 heteroatoms. The first-order chi connectivity index (χ1) is 14.9. The lowest BCUT2D eigenvalue weighted by Gasteiger charge is -2.07. The third kappa shape index (κ3) is 4.04. The summed E-state index contributed by atoms with van der Waals surface area (Å²) in [5.74, 6) is 0.197. The maximum absolute atomic E-state index is 11.4. The number of aromatic hydroxyl groups is 1. The van der Waals surface area contributed by atoms with E-state index in [-0.39, 0.29) is 17.6 Å². The maximum Gasteiger partial charge on any atom is 0.326 e. The largest absolute Gasteiger partial charge is 0.493 e. The summed E-state index contributed by atoms with van der Waals surface area (Å²) in [7, 11) is 0. The summed E-state index contributed by atoms with van der Waals surface area (Å²) >= 11 is 0. The summed E-state index contributed by atoms with van der Waals surface area (Å²) in [5.41, 5.74) is 4.30. The molecule has 3 heterocycles. The van der Waals surface area contributed by atoms with Crippen LogP contribution in [0.1, 0.15) is 35.2 Å². The van der Waals surface area contributed by atoms with Crippen molar-refractivity contribution in [2.45, 2.75) is 39.3 Å². The lowest BCUT2D eigenvalue weighted by molar-refractivity contribution is 0.454. The van der Waals surface area contributed by atoms with Crippen molar-refractivity contribution < 1.29 is 5.11 Å². The van der Waals surface area contributed by atoms with E-state index < -0.39 is 5.69 Å². The number of hydrogen-bond acceptors (Lipinski definition) is 7. The zero-order chi connectivity index (χ0) is 21.5. The van der Waals surface area contributed by atoms with Crippen LogP contribution in [-0.2, 0) is 6.54 Å². The fourth-order valence-electron chi connectivity index (χ4n) is 3.51. The lowest BCUT2D eigenvalue weighted by Crippen LogP contribution is -2.24. The Kier molecular flexibility index (Phi) is 4.54. The summed E-state index contributed by atoms with van der Waals surface area (Å²) in [6.45, 7) is 4.71. The lowest BCUT2D eigenvalue weighted by atomic mass is 10.1. The number of anilines is 1. The molecule has 1 aromatic carbocycles. The van der Waals surface area contributed by atoms with Gasteiger partial charge in [0.1, 0.15) is 5.69 Å². The van der Waals surface area contributed by atoms with E-state index in [0.717, 1.165) is 18.4 Å². The molecular formula is C21H22N8O2. The van der Waals surface area contributed by atoms with E-state index in [1.807, 2.05) is 0 Å². The fraction of sp³-hybridized carbons (Fsp3) is 0.286. The molecule has 0 unspecified atom stereocenters. The molecule has 0 amide bonds. The molecule has 0 bridgehead atoms. The first-order valence-electron chi connectivity index (χ1n) is 10.1. The van der Waals surface area contributed by atoms with Crippen LogP contribution in [0, 0.1) is 13.8 Å². The minimum Gasteiger partial charge on any atom is -0.493 e. The number of nitrogens with one attached hydrogen (secondary N) is 3. The van der Waals surface area contributed by atoms with Crippen molar-refractivity contribution in [2.24, 2.45) is 4.99 Å². The topological polar surface area (TPSA) is 136 Å². The predicted octanol–water partition coefficient (Wildman–Crippen LogP) is 0.686. The molecule has 1 saturated carbocycles. The van der Waals surface area contributed by atoms with Gasteiger partial charge in [0.25, 0.3) is 5.62 Å². The van der Waals surface area contributed by atoms with Gasteiger partial charge in [0.15, 0.2) is 5.65 Å². The average Bonchev–Trinajstić information content (AvgIpc) is 3.34. The molecule has 1 aliphatic rings. The molecule has 158 valence electrons. The van der Waals surface area contributed by atoms with E-state index in [0.29, 0.717) is 29.0 Å². The van der Waals surface area contributed by atoms with Crippen LogP contribution in [-0.4, -0.2) is 40.7 Å². The minimum atomic E-state index is -0.491. The van der Waals surface area contributed by atoms with E-state index in [1.165, 1.54) is 11.1 Å². The number of aromatic nitrogens is 6. The number of hydrogen-bond donors (Lipinski definition) is 4. The van der Waals surface area contributed by atoms with Crippen LogP contribution in [0.5, 0.6) is 5.88 Å². The van der Waals surface area contributed by atoms with Crippen LogP contribution in [0.25, 0.3) is 11.7 Å². The fourth-order valence-corrected chi connectivity index (χ4v) is 3.51. The third-order valence-corrected chi connectivity index (χ3v) is 4.99. The molecule has 0 spiro atoms. The Bertz CT molecular complexity index is 1440. The Morgan fingerprint density at radius 2 is 2.00 bits per heavy atom. The van der Waals surface area contributed by atoms with Crippen molar-refractivity contribution >= 4 is 17.7 Å². The Morgan fingerprint density at radius 1 is 1.23 bits per heavy atom. The van der Waals surface area contributed by atoms with Gasteiger partial charge < -0.3 is 15.4 Å². The summed E-state index contributed by atoms with van der Waals surface area (Å²) in [6.07, 6.45) is 5.29. The van der Waals surface area contributed by atoms with Crippen molar-refractivity contribution in [3.63, 3.8) is 0 Å². The Morgan fingerprint density at radius 3 is 2.68 bits per heavy atom. The third-order valence-electron chi connectivity index (χ3n) is 4.99. The van der Waals surface area contributed by atoms with Gasteiger partial charge in [-0.1, -0.05) is 29.3 Å². The number of fused-ring (bicyclic) bond motifs is 1. The molecule has 0 saturated heterocycles. The highest BCUT2D eigenvalue weighted by Crippen LogP contribution is 2.22. The molecule has 4 aromatic rings. The normalized spacial score (nSPS) is 15.2. The highest BCUT2D eigenvalue weighted by Gasteiger charge is 2.21. The molecule has 3 aromatic heterocycles. The molecule has 0 atom stereocenters. The Hall–Kier alpha value is -3.95. The molecule has 1 fully saturated rings. The van der Waals surface area contributed by atoms with Gasteiger partial charge in [-0.05, 0) is 38.3 Å². The second kappa shape index (κ2) is 7.38. The first-order valence-corrected chi connectivity index (χ1v) is 10.1. The van der Waals surface area contributed by atoms with Crippen molar-refractivity contribution in [1.29, 1.82) is 0 Å². The van der Waals surface area contributed by atoms with Gasteiger partial charge in [-0.3, -0.25) is 4.98 Å². The first kappa shape index (κ1) is 19.0. The van der Waals surface area contributed by atoms with Crippen molar-refractivity contribution in [3.05, 3.63) is 68.1 Å². The zero-order valence-electron chi connectivity index (χ0n) is 17.2. The van der Waals surface area contributed by atoms with Crippen LogP contribution < -0.4 is 21.8 Å². The summed E-state index contributed by atoms with van der Waals surface area (Å²) in [5, 5.41) is 18.2. The number of imidazole rings is 1. The van der Waals surface area contributed by atoms with Gasteiger partial charge in [0.2, 0.25) is 11.8 Å². The molecule has 1 aliphatic carbocycles. The summed E-state index contributed by atoms with van der Waals surface area (Å²) in [6, 6.07) is 6.63. The van der Waals surface area contributed by atoms with Gasteiger partial charge in [-0.2, -0.15) is 19.6 Å². The number of nitrogens with zero attached hydrogens (tertiary/aromatic N) is 5. The van der Waals surface area contributed by atoms with E-state index in [1.54, 1.807) is 16.8 Å². The Labute approximate surface area is 176 Å². The van der Waals surface area contributed by atoms with Gasteiger partial charge in [0, 0.05) is 11.8 Å². The number of H-pyrrole nitrogens is 2. The van der Waals surface area contributed by atoms with Crippen molar-refractivity contribution in [3.8, 4) is 5.88 Å². The molecule has 31 heavy (non-hydrogen) atoms. The number of rotatable bonds is 5. The monoisotopic (exact) mass is 418 g/mol. The predicted molar refractivity (Wildman–Crippen MR) is 114 cm³/mol. The summed E-state index contributed by atoms with van der Waals surface area (Å²) in [4.78, 5) is 30.1. The van der Waals surface area contributed by atoms with Gasteiger partial charge in [0.05, 0.1) is 12.2 Å². The number of aromatic amines is 2. The summed E-state index contributed by atoms with van der Waals surface area (Å²) < 4.78 is 1.58. The van der Waals surface area contributed by atoms with Crippen molar-refractivity contribution in [1.82, 2.24) is 29.5 Å². The highest BCUT2D eigenvalue weighted by molar-refractivity contribution is 5.57. The van der Waals surface area contributed by atoms with Crippen LogP contribution in [0.3, 0.4) is 0 Å². The smallest absolute Gasteiger partial charge is 0.326 e. The van der Waals surface area contributed by atoms with E-state index in [9.17, 15) is 9.90 Å². The Balaban J connectivity index is 1.58. The van der Waals surface area contributed by atoms with E-state index in [4.69, 9.17) is 0 Å². The standard InChI is InChI=1S/C21H22N8O2/c1-11-5-12(2)7-13(6-11)9-22-19-26-17-14(8-16-18(30)27-21(31)25-16)10-23-29(17)20(28-19)24-15-3-4-15/h5-8,10,15,30H,3-4,9H2,1-2H3,(H,22,24,28)(H2,25,27,31)/b14-8+. The zero-order valence-corrected chi connectivity index (χ0v) is 17.2. The number of aryl methyl sites for hydroxylation is 2. The van der Waals surface area contributed by atoms with E-state index >= 15 is 0 Å². The van der Waals surface area contributed by atoms with Gasteiger partial charge in [-0.25, -0.2) is 9.79 Å².